The van der Waals surface area contributed by atoms with Gasteiger partial charge in [-0.1, -0.05) is 18.2 Å². The molecule has 1 N–H and O–H groups in total. The van der Waals surface area contributed by atoms with Crippen LogP contribution >= 0.6 is 0 Å². The van der Waals surface area contributed by atoms with Gasteiger partial charge >= 0.3 is 5.97 Å². The van der Waals surface area contributed by atoms with Crippen LogP contribution < -0.4 is 0 Å². The number of para-hydroxylation sites is 1. The second-order valence-corrected chi connectivity index (χ2v) is 4.70. The van der Waals surface area contributed by atoms with E-state index in [1.807, 2.05) is 52.8 Å². The van der Waals surface area contributed by atoms with Gasteiger partial charge in [0.25, 0.3) is 0 Å². The molecule has 1 aromatic carbocycles. The smallest absolute Gasteiger partial charge is 0.337 e. The third kappa shape index (κ3) is 2.07. The molecule has 2 heterocycles. The second kappa shape index (κ2) is 4.85. The molecule has 0 fully saturated rings. The quantitative estimate of drug-likeness (QED) is 0.792. The highest BCUT2D eigenvalue weighted by atomic mass is 16.4. The van der Waals surface area contributed by atoms with Crippen LogP contribution in [0.15, 0.2) is 42.9 Å². The van der Waals surface area contributed by atoms with Crippen molar-refractivity contribution in [2.45, 2.75) is 20.0 Å². The first kappa shape index (κ1) is 12.5. The summed E-state index contributed by atoms with van der Waals surface area (Å²) in [6, 6.07) is 7.55. The van der Waals surface area contributed by atoms with Crippen molar-refractivity contribution in [3.8, 4) is 0 Å². The number of carbonyl (C=O) groups is 1. The average molecular weight is 269 g/mol. The van der Waals surface area contributed by atoms with E-state index in [9.17, 15) is 9.90 Å². The van der Waals surface area contributed by atoms with E-state index in [0.717, 1.165) is 23.0 Å². The SMILES string of the molecule is CCn1cc(Cn2cc(C(=O)O)c3ccccc32)cn1. The highest BCUT2D eigenvalue weighted by Gasteiger charge is 2.13. The van der Waals surface area contributed by atoms with Crippen LogP contribution in [-0.2, 0) is 13.1 Å². The lowest BCUT2D eigenvalue weighted by Gasteiger charge is -2.02. The van der Waals surface area contributed by atoms with Crippen LogP contribution in [0.25, 0.3) is 10.9 Å². The molecule has 20 heavy (non-hydrogen) atoms. The maximum Gasteiger partial charge on any atom is 0.337 e. The first-order valence-corrected chi connectivity index (χ1v) is 6.51. The summed E-state index contributed by atoms with van der Waals surface area (Å²) in [4.78, 5) is 11.3. The van der Waals surface area contributed by atoms with Crippen LogP contribution in [0, 0.1) is 0 Å². The Hall–Kier alpha value is -2.56. The molecule has 0 bridgehead atoms. The average Bonchev–Trinajstić information content (AvgIpc) is 3.04. The first-order chi connectivity index (χ1) is 9.69. The van der Waals surface area contributed by atoms with Gasteiger partial charge in [0.15, 0.2) is 0 Å². The third-order valence-corrected chi connectivity index (χ3v) is 3.38. The molecule has 0 saturated heterocycles. The van der Waals surface area contributed by atoms with Gasteiger partial charge in [-0.25, -0.2) is 4.79 Å². The zero-order chi connectivity index (χ0) is 14.1. The number of hydrogen-bond donors (Lipinski definition) is 1. The predicted octanol–water partition coefficient (Wildman–Crippen LogP) is 2.60. The van der Waals surface area contributed by atoms with Gasteiger partial charge in [0.05, 0.1) is 18.3 Å². The van der Waals surface area contributed by atoms with Gasteiger partial charge in [0, 0.05) is 35.4 Å². The summed E-state index contributed by atoms with van der Waals surface area (Å²) >= 11 is 0. The topological polar surface area (TPSA) is 60.0 Å². The van der Waals surface area contributed by atoms with E-state index < -0.39 is 5.97 Å². The first-order valence-electron chi connectivity index (χ1n) is 6.51. The Bertz CT molecular complexity index is 770. The van der Waals surface area contributed by atoms with Crippen molar-refractivity contribution in [3.63, 3.8) is 0 Å². The lowest BCUT2D eigenvalue weighted by atomic mass is 10.2. The van der Waals surface area contributed by atoms with Crippen molar-refractivity contribution >= 4 is 16.9 Å². The fraction of sp³-hybridized carbons (Fsp3) is 0.200. The Labute approximate surface area is 116 Å². The van der Waals surface area contributed by atoms with E-state index in [-0.39, 0.29) is 0 Å². The van der Waals surface area contributed by atoms with Crippen molar-refractivity contribution in [1.29, 1.82) is 0 Å². The molecule has 5 nitrogen and oxygen atoms in total. The van der Waals surface area contributed by atoms with E-state index in [2.05, 4.69) is 5.10 Å². The number of carboxylic acids is 1. The number of aromatic nitrogens is 3. The minimum Gasteiger partial charge on any atom is -0.478 e. The van der Waals surface area contributed by atoms with Crippen molar-refractivity contribution in [2.24, 2.45) is 0 Å². The zero-order valence-electron chi connectivity index (χ0n) is 11.2. The number of hydrogen-bond acceptors (Lipinski definition) is 2. The summed E-state index contributed by atoms with van der Waals surface area (Å²) in [5.41, 5.74) is 2.32. The lowest BCUT2D eigenvalue weighted by Crippen LogP contribution is -1.98. The Morgan fingerprint density at radius 1 is 1.30 bits per heavy atom. The molecule has 3 aromatic rings. The summed E-state index contributed by atoms with van der Waals surface area (Å²) in [5.74, 6) is -0.899. The number of benzene rings is 1. The molecular formula is C15H15N3O2. The van der Waals surface area contributed by atoms with Gasteiger partial charge in [-0.05, 0) is 13.0 Å². The van der Waals surface area contributed by atoms with Gasteiger partial charge in [0.2, 0.25) is 0 Å². The van der Waals surface area contributed by atoms with Gasteiger partial charge in [-0.3, -0.25) is 4.68 Å². The number of aryl methyl sites for hydroxylation is 1. The maximum atomic E-state index is 11.3. The van der Waals surface area contributed by atoms with Gasteiger partial charge in [-0.2, -0.15) is 5.10 Å². The van der Waals surface area contributed by atoms with E-state index >= 15 is 0 Å². The lowest BCUT2D eigenvalue weighted by molar-refractivity contribution is 0.0699. The molecule has 0 aliphatic carbocycles. The maximum absolute atomic E-state index is 11.3. The summed E-state index contributed by atoms with van der Waals surface area (Å²) in [5, 5.41) is 14.3. The summed E-state index contributed by atoms with van der Waals surface area (Å²) in [7, 11) is 0. The molecule has 0 amide bonds. The third-order valence-electron chi connectivity index (χ3n) is 3.38. The second-order valence-electron chi connectivity index (χ2n) is 4.70. The van der Waals surface area contributed by atoms with Crippen LogP contribution in [0.1, 0.15) is 22.8 Å². The fourth-order valence-electron chi connectivity index (χ4n) is 2.41. The Kier molecular flexibility index (Phi) is 3.02. The van der Waals surface area contributed by atoms with Crippen LogP contribution in [0.2, 0.25) is 0 Å². The van der Waals surface area contributed by atoms with Crippen molar-refractivity contribution in [2.75, 3.05) is 0 Å². The number of rotatable bonds is 4. The molecule has 0 radical (unpaired) electrons. The van der Waals surface area contributed by atoms with Gasteiger partial charge < -0.3 is 9.67 Å². The molecule has 0 saturated carbocycles. The minimum atomic E-state index is -0.899. The molecule has 5 heteroatoms. The Balaban J connectivity index is 2.05. The number of aromatic carboxylic acids is 1. The monoisotopic (exact) mass is 269 g/mol. The summed E-state index contributed by atoms with van der Waals surface area (Å²) in [6.07, 6.45) is 5.49. The number of nitrogens with zero attached hydrogens (tertiary/aromatic N) is 3. The highest BCUT2D eigenvalue weighted by Crippen LogP contribution is 2.22. The molecule has 0 aliphatic heterocycles. The van der Waals surface area contributed by atoms with Crippen LogP contribution in [0.4, 0.5) is 0 Å². The Morgan fingerprint density at radius 3 is 2.80 bits per heavy atom. The van der Waals surface area contributed by atoms with E-state index in [1.54, 1.807) is 6.20 Å². The molecule has 3 rings (SSSR count). The summed E-state index contributed by atoms with van der Waals surface area (Å²) in [6.45, 7) is 3.48. The van der Waals surface area contributed by atoms with E-state index in [0.29, 0.717) is 12.1 Å². The molecule has 0 spiro atoms. The fourth-order valence-corrected chi connectivity index (χ4v) is 2.41. The standard InChI is InChI=1S/C15H15N3O2/c1-2-18-9-11(7-16-18)8-17-10-13(15(19)20)12-5-3-4-6-14(12)17/h3-7,9-10H,2,8H2,1H3,(H,19,20). The Morgan fingerprint density at radius 2 is 2.10 bits per heavy atom. The normalized spacial score (nSPS) is 11.1. The molecule has 102 valence electrons. The molecule has 0 atom stereocenters. The van der Waals surface area contributed by atoms with Crippen molar-refractivity contribution in [1.82, 2.24) is 14.3 Å². The van der Waals surface area contributed by atoms with Crippen molar-refractivity contribution < 1.29 is 9.90 Å². The molecule has 0 aliphatic rings. The minimum absolute atomic E-state index is 0.337. The van der Waals surface area contributed by atoms with Crippen LogP contribution in [0.3, 0.4) is 0 Å². The molecule has 2 aromatic heterocycles. The van der Waals surface area contributed by atoms with E-state index in [4.69, 9.17) is 0 Å². The molecular weight excluding hydrogens is 254 g/mol. The van der Waals surface area contributed by atoms with Gasteiger partial charge in [-0.15, -0.1) is 0 Å². The van der Waals surface area contributed by atoms with Crippen LogP contribution in [0.5, 0.6) is 0 Å². The van der Waals surface area contributed by atoms with Crippen molar-refractivity contribution in [3.05, 3.63) is 54.0 Å². The van der Waals surface area contributed by atoms with Crippen LogP contribution in [-0.4, -0.2) is 25.4 Å². The molecule has 0 unspecified atom stereocenters. The summed E-state index contributed by atoms with van der Waals surface area (Å²) < 4.78 is 3.81. The largest absolute Gasteiger partial charge is 0.478 e. The van der Waals surface area contributed by atoms with Gasteiger partial charge in [0.1, 0.15) is 0 Å². The number of fused-ring (bicyclic) bond motifs is 1. The zero-order valence-corrected chi connectivity index (χ0v) is 11.2. The predicted molar refractivity (Wildman–Crippen MR) is 75.9 cm³/mol. The van der Waals surface area contributed by atoms with E-state index in [1.165, 1.54) is 0 Å². The number of carboxylic acid groups (broad SMARTS) is 1. The highest BCUT2D eigenvalue weighted by molar-refractivity contribution is 6.03.